The number of aliphatic hydroxyl groups excluding tert-OH is 1. The summed E-state index contributed by atoms with van der Waals surface area (Å²) in [4.78, 5) is 0. The van der Waals surface area contributed by atoms with E-state index in [9.17, 15) is 5.11 Å². The molecular formula is C10H20ClNO. The fourth-order valence-corrected chi connectivity index (χ4v) is 3.06. The average Bonchev–Trinajstić information content (AvgIpc) is 1.92. The van der Waals surface area contributed by atoms with Gasteiger partial charge in [-0.3, -0.25) is 0 Å². The molecule has 2 fully saturated rings. The Morgan fingerprint density at radius 1 is 1.08 bits per heavy atom. The van der Waals surface area contributed by atoms with Gasteiger partial charge in [-0.2, -0.15) is 0 Å². The van der Waals surface area contributed by atoms with Crippen molar-refractivity contribution in [3.05, 3.63) is 0 Å². The molecule has 0 saturated carbocycles. The predicted octanol–water partition coefficient (Wildman–Crippen LogP) is -1.86. The third-order valence-corrected chi connectivity index (χ3v) is 4.05. The molecular weight excluding hydrogens is 186 g/mol. The zero-order valence-electron chi connectivity index (χ0n) is 8.54. The minimum absolute atomic E-state index is 0. The van der Waals surface area contributed by atoms with Gasteiger partial charge in [-0.05, 0) is 19.3 Å². The molecule has 3 heteroatoms. The molecule has 2 aliphatic heterocycles. The minimum Gasteiger partial charge on any atom is -1.00 e. The maximum absolute atomic E-state index is 9.64. The van der Waals surface area contributed by atoms with Gasteiger partial charge in [-0.15, -0.1) is 0 Å². The van der Waals surface area contributed by atoms with E-state index in [0.29, 0.717) is 0 Å². The fourth-order valence-electron chi connectivity index (χ4n) is 3.06. The Morgan fingerprint density at radius 2 is 1.54 bits per heavy atom. The number of halogens is 1. The number of rotatable bonds is 0. The third kappa shape index (κ3) is 1.85. The number of piperidine rings is 2. The van der Waals surface area contributed by atoms with Crippen LogP contribution in [-0.2, 0) is 0 Å². The molecule has 13 heavy (non-hydrogen) atoms. The van der Waals surface area contributed by atoms with Crippen molar-refractivity contribution in [2.75, 3.05) is 14.1 Å². The van der Waals surface area contributed by atoms with Crippen molar-refractivity contribution >= 4 is 0 Å². The van der Waals surface area contributed by atoms with Crippen molar-refractivity contribution in [1.82, 2.24) is 0 Å². The summed E-state index contributed by atoms with van der Waals surface area (Å²) in [5.41, 5.74) is 0. The van der Waals surface area contributed by atoms with Crippen LogP contribution in [0.5, 0.6) is 0 Å². The van der Waals surface area contributed by atoms with Crippen LogP contribution in [0.25, 0.3) is 0 Å². The van der Waals surface area contributed by atoms with Crippen molar-refractivity contribution in [2.24, 2.45) is 0 Å². The van der Waals surface area contributed by atoms with E-state index in [1.165, 1.54) is 19.3 Å². The van der Waals surface area contributed by atoms with Gasteiger partial charge in [-0.1, -0.05) is 0 Å². The highest BCUT2D eigenvalue weighted by Gasteiger charge is 2.45. The van der Waals surface area contributed by atoms with Gasteiger partial charge in [0.05, 0.1) is 32.3 Å². The summed E-state index contributed by atoms with van der Waals surface area (Å²) in [7, 11) is 4.67. The molecule has 2 heterocycles. The van der Waals surface area contributed by atoms with E-state index >= 15 is 0 Å². The molecule has 2 atom stereocenters. The van der Waals surface area contributed by atoms with E-state index in [-0.39, 0.29) is 18.5 Å². The first-order valence-electron chi connectivity index (χ1n) is 5.12. The van der Waals surface area contributed by atoms with Crippen molar-refractivity contribution in [1.29, 1.82) is 0 Å². The number of aliphatic hydroxyl groups is 1. The van der Waals surface area contributed by atoms with Crippen LogP contribution >= 0.6 is 0 Å². The lowest BCUT2D eigenvalue weighted by Crippen LogP contribution is -3.00. The molecule has 0 radical (unpaired) electrons. The van der Waals surface area contributed by atoms with E-state index in [0.717, 1.165) is 29.4 Å². The summed E-state index contributed by atoms with van der Waals surface area (Å²) in [6.45, 7) is 0. The number of nitrogens with zero attached hydrogens (tertiary/aromatic N) is 1. The average molecular weight is 206 g/mol. The number of hydrogen-bond donors (Lipinski definition) is 1. The smallest absolute Gasteiger partial charge is 0.0913 e. The fraction of sp³-hybridized carbons (Fsp3) is 1.00. The van der Waals surface area contributed by atoms with Crippen LogP contribution in [0.1, 0.15) is 32.1 Å². The Hall–Kier alpha value is 0.210. The van der Waals surface area contributed by atoms with Crippen molar-refractivity contribution < 1.29 is 22.0 Å². The first-order valence-corrected chi connectivity index (χ1v) is 5.12. The summed E-state index contributed by atoms with van der Waals surface area (Å²) in [6, 6.07) is 1.46. The molecule has 0 spiro atoms. The second-order valence-corrected chi connectivity index (χ2v) is 4.99. The SMILES string of the molecule is C[N+]1(C)C2CCCC1CC(O)C2.[Cl-]. The monoisotopic (exact) mass is 205 g/mol. The van der Waals surface area contributed by atoms with Crippen molar-refractivity contribution in [3.63, 3.8) is 0 Å². The summed E-state index contributed by atoms with van der Waals surface area (Å²) >= 11 is 0. The van der Waals surface area contributed by atoms with Crippen LogP contribution in [0.3, 0.4) is 0 Å². The van der Waals surface area contributed by atoms with Crippen LogP contribution in [0.2, 0.25) is 0 Å². The van der Waals surface area contributed by atoms with E-state index in [1.807, 2.05) is 0 Å². The summed E-state index contributed by atoms with van der Waals surface area (Å²) in [6.07, 6.45) is 6.07. The molecule has 2 rings (SSSR count). The lowest BCUT2D eigenvalue weighted by atomic mass is 9.81. The first-order chi connectivity index (χ1) is 5.60. The number of quaternary nitrogens is 1. The summed E-state index contributed by atoms with van der Waals surface area (Å²) in [5, 5.41) is 9.64. The Kier molecular flexibility index (Phi) is 3.26. The van der Waals surface area contributed by atoms with Crippen LogP contribution < -0.4 is 12.4 Å². The molecule has 2 bridgehead atoms. The van der Waals surface area contributed by atoms with Gasteiger partial charge < -0.3 is 22.0 Å². The number of fused-ring (bicyclic) bond motifs is 2. The molecule has 1 N–H and O–H groups in total. The topological polar surface area (TPSA) is 20.2 Å². The standard InChI is InChI=1S/C10H20NO.ClH/c1-11(2)8-4-3-5-9(11)7-10(12)6-8;/h8-10,12H,3-7H2,1-2H3;1H/q+1;/p-1. The molecule has 0 amide bonds. The molecule has 0 aromatic rings. The maximum Gasteiger partial charge on any atom is 0.0913 e. The van der Waals surface area contributed by atoms with E-state index in [1.54, 1.807) is 0 Å². The Morgan fingerprint density at radius 3 is 2.00 bits per heavy atom. The van der Waals surface area contributed by atoms with Gasteiger partial charge in [0, 0.05) is 12.8 Å². The summed E-state index contributed by atoms with van der Waals surface area (Å²) in [5.74, 6) is 0. The normalized spacial score (nSPS) is 42.2. The zero-order chi connectivity index (χ0) is 8.77. The Bertz CT molecular complexity index is 168. The third-order valence-electron chi connectivity index (χ3n) is 4.05. The van der Waals surface area contributed by atoms with Gasteiger partial charge in [-0.25, -0.2) is 0 Å². The van der Waals surface area contributed by atoms with E-state index in [2.05, 4.69) is 14.1 Å². The van der Waals surface area contributed by atoms with E-state index in [4.69, 9.17) is 0 Å². The molecule has 2 aliphatic rings. The second-order valence-electron chi connectivity index (χ2n) is 4.99. The molecule has 0 aliphatic carbocycles. The molecule has 2 nitrogen and oxygen atoms in total. The molecule has 2 saturated heterocycles. The highest BCUT2D eigenvalue weighted by Crippen LogP contribution is 2.37. The lowest BCUT2D eigenvalue weighted by Gasteiger charge is -2.52. The van der Waals surface area contributed by atoms with Gasteiger partial charge >= 0.3 is 0 Å². The largest absolute Gasteiger partial charge is 1.00 e. The van der Waals surface area contributed by atoms with Crippen LogP contribution in [0, 0.1) is 0 Å². The Balaban J connectivity index is 0.000000845. The zero-order valence-corrected chi connectivity index (χ0v) is 9.30. The van der Waals surface area contributed by atoms with Crippen LogP contribution in [0.15, 0.2) is 0 Å². The first kappa shape index (κ1) is 11.3. The molecule has 78 valence electrons. The van der Waals surface area contributed by atoms with Crippen LogP contribution in [0.4, 0.5) is 0 Å². The highest BCUT2D eigenvalue weighted by molar-refractivity contribution is 4.82. The quantitative estimate of drug-likeness (QED) is 0.460. The Labute approximate surface area is 86.9 Å². The predicted molar refractivity (Wildman–Crippen MR) is 48.8 cm³/mol. The minimum atomic E-state index is -0.00792. The van der Waals surface area contributed by atoms with Gasteiger partial charge in [0.2, 0.25) is 0 Å². The molecule has 2 unspecified atom stereocenters. The molecule has 0 aromatic heterocycles. The lowest BCUT2D eigenvalue weighted by molar-refractivity contribution is -0.950. The van der Waals surface area contributed by atoms with Gasteiger partial charge in [0.15, 0.2) is 0 Å². The van der Waals surface area contributed by atoms with Crippen molar-refractivity contribution in [2.45, 2.75) is 50.3 Å². The van der Waals surface area contributed by atoms with Crippen molar-refractivity contribution in [3.8, 4) is 0 Å². The summed E-state index contributed by atoms with van der Waals surface area (Å²) < 4.78 is 1.16. The highest BCUT2D eigenvalue weighted by atomic mass is 35.5. The second kappa shape index (κ2) is 3.76. The van der Waals surface area contributed by atoms with Crippen LogP contribution in [-0.4, -0.2) is 41.9 Å². The molecule has 0 aromatic carbocycles. The van der Waals surface area contributed by atoms with Gasteiger partial charge in [0.25, 0.3) is 0 Å². The maximum atomic E-state index is 9.64. The van der Waals surface area contributed by atoms with Gasteiger partial charge in [0.1, 0.15) is 0 Å². The van der Waals surface area contributed by atoms with E-state index < -0.39 is 0 Å². The number of hydrogen-bond acceptors (Lipinski definition) is 1.